The number of carbonyl (C=O) groups excluding carboxylic acids is 2. The van der Waals surface area contributed by atoms with E-state index in [9.17, 15) is 9.59 Å². The van der Waals surface area contributed by atoms with Crippen LogP contribution in [0.25, 0.3) is 0 Å². The number of ketones is 1. The van der Waals surface area contributed by atoms with E-state index in [0.717, 1.165) is 30.4 Å². The van der Waals surface area contributed by atoms with Gasteiger partial charge in [-0.05, 0) is 44.1 Å². The van der Waals surface area contributed by atoms with Crippen LogP contribution in [0.3, 0.4) is 0 Å². The number of piperidine rings is 1. The van der Waals surface area contributed by atoms with Gasteiger partial charge in [-0.2, -0.15) is 5.10 Å². The molecule has 2 heterocycles. The summed E-state index contributed by atoms with van der Waals surface area (Å²) in [5.74, 6) is 0.140. The fraction of sp³-hybridized carbons (Fsp3) is 0.500. The van der Waals surface area contributed by atoms with E-state index < -0.39 is 0 Å². The molecule has 6 nitrogen and oxygen atoms in total. The molecule has 1 amide bonds. The number of amides is 1. The zero-order valence-electron chi connectivity index (χ0n) is 16.6. The topological polar surface area (TPSA) is 64.4 Å². The number of hydrogen-bond acceptors (Lipinski definition) is 4. The molecule has 1 saturated heterocycles. The lowest BCUT2D eigenvalue weighted by atomic mass is 9.67. The molecule has 0 unspecified atom stereocenters. The first-order valence-electron chi connectivity index (χ1n) is 10.0. The van der Waals surface area contributed by atoms with Crippen molar-refractivity contribution in [1.29, 1.82) is 0 Å². The van der Waals surface area contributed by atoms with Crippen molar-refractivity contribution in [2.45, 2.75) is 52.2 Å². The number of rotatable bonds is 3. The third-order valence-corrected chi connectivity index (χ3v) is 5.99. The first kappa shape index (κ1) is 18.7. The lowest BCUT2D eigenvalue weighted by Crippen LogP contribution is -2.46. The summed E-state index contributed by atoms with van der Waals surface area (Å²) in [7, 11) is 0. The molecular weight excluding hydrogens is 354 g/mol. The third-order valence-electron chi connectivity index (χ3n) is 5.99. The average Bonchev–Trinajstić information content (AvgIpc) is 3.12. The minimum Gasteiger partial charge on any atom is -0.445 e. The number of aromatic nitrogens is 2. The van der Waals surface area contributed by atoms with Gasteiger partial charge < -0.3 is 9.64 Å². The van der Waals surface area contributed by atoms with Crippen LogP contribution in [0.15, 0.2) is 36.5 Å². The first-order chi connectivity index (χ1) is 13.5. The first-order valence-corrected chi connectivity index (χ1v) is 10.0. The minimum atomic E-state index is -0.269. The van der Waals surface area contributed by atoms with Gasteiger partial charge in [0.05, 0.1) is 0 Å². The van der Waals surface area contributed by atoms with Crippen molar-refractivity contribution in [2.24, 2.45) is 5.41 Å². The summed E-state index contributed by atoms with van der Waals surface area (Å²) in [6.07, 6.45) is 4.81. The van der Waals surface area contributed by atoms with Crippen LogP contribution >= 0.6 is 0 Å². The maximum Gasteiger partial charge on any atom is 0.410 e. The summed E-state index contributed by atoms with van der Waals surface area (Å²) in [5.41, 5.74) is 2.64. The molecule has 1 spiro atoms. The zero-order chi connectivity index (χ0) is 19.7. The molecule has 0 saturated carbocycles. The Morgan fingerprint density at radius 2 is 1.89 bits per heavy atom. The van der Waals surface area contributed by atoms with Crippen molar-refractivity contribution in [1.82, 2.24) is 14.7 Å². The van der Waals surface area contributed by atoms with Crippen molar-refractivity contribution in [3.8, 4) is 0 Å². The fourth-order valence-corrected chi connectivity index (χ4v) is 4.28. The highest BCUT2D eigenvalue weighted by Gasteiger charge is 2.43. The van der Waals surface area contributed by atoms with Gasteiger partial charge in [-0.3, -0.25) is 9.48 Å². The number of benzene rings is 1. The summed E-state index contributed by atoms with van der Waals surface area (Å²) >= 11 is 0. The zero-order valence-corrected chi connectivity index (χ0v) is 16.6. The minimum absolute atomic E-state index is 0.0505. The van der Waals surface area contributed by atoms with Gasteiger partial charge in [-0.25, -0.2) is 4.79 Å². The van der Waals surface area contributed by atoms with Crippen LogP contribution in [0, 0.1) is 5.41 Å². The van der Waals surface area contributed by atoms with Crippen LogP contribution in [0.5, 0.6) is 0 Å². The molecule has 2 aromatic rings. The normalized spacial score (nSPS) is 18.4. The van der Waals surface area contributed by atoms with Gasteiger partial charge in [-0.15, -0.1) is 0 Å². The van der Waals surface area contributed by atoms with Crippen LogP contribution in [0.2, 0.25) is 0 Å². The van der Waals surface area contributed by atoms with E-state index >= 15 is 0 Å². The smallest absolute Gasteiger partial charge is 0.410 e. The number of Topliss-reactive ketones (excluding diaryl/α,β-unsaturated/α-hetero) is 1. The van der Waals surface area contributed by atoms with Crippen molar-refractivity contribution in [3.05, 3.63) is 53.3 Å². The van der Waals surface area contributed by atoms with Crippen LogP contribution in [-0.4, -0.2) is 39.6 Å². The number of likely N-dealkylation sites (tertiary alicyclic amines) is 1. The quantitative estimate of drug-likeness (QED) is 0.806. The highest BCUT2D eigenvalue weighted by molar-refractivity contribution is 5.97. The molecular formula is C22H27N3O3. The van der Waals surface area contributed by atoms with Gasteiger partial charge in [0.1, 0.15) is 12.3 Å². The molecule has 4 rings (SSSR count). The highest BCUT2D eigenvalue weighted by Crippen LogP contribution is 2.43. The van der Waals surface area contributed by atoms with Crippen LogP contribution in [0.4, 0.5) is 4.79 Å². The number of hydrogen-bond donors (Lipinski definition) is 0. The summed E-state index contributed by atoms with van der Waals surface area (Å²) in [6, 6.07) is 9.95. The van der Waals surface area contributed by atoms with E-state index in [1.807, 2.05) is 41.2 Å². The molecule has 1 aromatic heterocycles. The Morgan fingerprint density at radius 3 is 2.57 bits per heavy atom. The van der Waals surface area contributed by atoms with E-state index in [0.29, 0.717) is 25.2 Å². The van der Waals surface area contributed by atoms with Gasteiger partial charge in [0, 0.05) is 37.3 Å². The second kappa shape index (κ2) is 7.41. The predicted octanol–water partition coefficient (Wildman–Crippen LogP) is 4.01. The lowest BCUT2D eigenvalue weighted by Gasteiger charge is -2.42. The standard InChI is InChI=1S/C22H27N3O3/c1-16(2)25-14-18-12-22(13-19(26)20(18)23-25)8-10-24(11-9-22)21(27)28-15-17-6-4-3-5-7-17/h3-7,14,16H,8-13,15H2,1-2H3. The van der Waals surface area contributed by atoms with Crippen molar-refractivity contribution < 1.29 is 14.3 Å². The highest BCUT2D eigenvalue weighted by atomic mass is 16.6. The second-order valence-electron chi connectivity index (χ2n) is 8.38. The van der Waals surface area contributed by atoms with Gasteiger partial charge in [0.2, 0.25) is 0 Å². The molecule has 1 aromatic carbocycles. The lowest BCUT2D eigenvalue weighted by molar-refractivity contribution is 0.0520. The van der Waals surface area contributed by atoms with E-state index in [2.05, 4.69) is 18.9 Å². The Hall–Kier alpha value is -2.63. The molecule has 0 atom stereocenters. The number of ether oxygens (including phenoxy) is 1. The van der Waals surface area contributed by atoms with E-state index in [1.54, 1.807) is 4.90 Å². The van der Waals surface area contributed by atoms with Gasteiger partial charge in [0.25, 0.3) is 0 Å². The number of nitrogens with zero attached hydrogens (tertiary/aromatic N) is 3. The van der Waals surface area contributed by atoms with E-state index in [-0.39, 0.29) is 29.9 Å². The molecule has 0 N–H and O–H groups in total. The summed E-state index contributed by atoms with van der Waals surface area (Å²) < 4.78 is 7.34. The van der Waals surface area contributed by atoms with Gasteiger partial charge in [0.15, 0.2) is 5.78 Å². The largest absolute Gasteiger partial charge is 0.445 e. The molecule has 1 aliphatic heterocycles. The average molecular weight is 381 g/mol. The summed E-state index contributed by atoms with van der Waals surface area (Å²) in [5, 5.41) is 4.49. The Balaban J connectivity index is 1.36. The Kier molecular flexibility index (Phi) is 4.96. The maximum atomic E-state index is 12.7. The Bertz CT molecular complexity index is 864. The second-order valence-corrected chi connectivity index (χ2v) is 8.38. The Labute approximate surface area is 165 Å². The molecule has 148 valence electrons. The van der Waals surface area contributed by atoms with Gasteiger partial charge >= 0.3 is 6.09 Å². The molecule has 1 aliphatic carbocycles. The van der Waals surface area contributed by atoms with Gasteiger partial charge in [-0.1, -0.05) is 30.3 Å². The number of carbonyl (C=O) groups is 2. The van der Waals surface area contributed by atoms with Crippen molar-refractivity contribution >= 4 is 11.9 Å². The van der Waals surface area contributed by atoms with Crippen LogP contribution in [0.1, 0.15) is 60.8 Å². The van der Waals surface area contributed by atoms with E-state index in [1.165, 1.54) is 0 Å². The number of fused-ring (bicyclic) bond motifs is 1. The molecule has 0 bridgehead atoms. The molecule has 2 aliphatic rings. The van der Waals surface area contributed by atoms with Crippen molar-refractivity contribution in [2.75, 3.05) is 13.1 Å². The SMILES string of the molecule is CC(C)n1cc2c(n1)C(=O)CC1(CCN(C(=O)OCc3ccccc3)CC1)C2. The van der Waals surface area contributed by atoms with Crippen LogP contribution in [-0.2, 0) is 17.8 Å². The fourth-order valence-electron chi connectivity index (χ4n) is 4.28. The maximum absolute atomic E-state index is 12.7. The Morgan fingerprint density at radius 1 is 1.18 bits per heavy atom. The monoisotopic (exact) mass is 381 g/mol. The summed E-state index contributed by atoms with van der Waals surface area (Å²) in [6.45, 7) is 5.69. The molecule has 6 heteroatoms. The summed E-state index contributed by atoms with van der Waals surface area (Å²) in [4.78, 5) is 26.9. The molecule has 1 fully saturated rings. The molecule has 28 heavy (non-hydrogen) atoms. The predicted molar refractivity (Wildman–Crippen MR) is 105 cm³/mol. The third kappa shape index (κ3) is 3.68. The van der Waals surface area contributed by atoms with Crippen molar-refractivity contribution in [3.63, 3.8) is 0 Å². The molecule has 0 radical (unpaired) electrons. The van der Waals surface area contributed by atoms with Crippen LogP contribution < -0.4 is 0 Å². The van der Waals surface area contributed by atoms with E-state index in [4.69, 9.17) is 4.74 Å².